The van der Waals surface area contributed by atoms with E-state index < -0.39 is 0 Å². The van der Waals surface area contributed by atoms with E-state index in [0.29, 0.717) is 12.5 Å². The average molecular weight is 317 g/mol. The van der Waals surface area contributed by atoms with E-state index in [9.17, 15) is 4.79 Å². The van der Waals surface area contributed by atoms with E-state index in [4.69, 9.17) is 5.73 Å². The molecular formula is C12H17BrN2OS. The van der Waals surface area contributed by atoms with Crippen molar-refractivity contribution in [2.24, 2.45) is 11.7 Å². The molecule has 5 heteroatoms. The van der Waals surface area contributed by atoms with Gasteiger partial charge >= 0.3 is 0 Å². The van der Waals surface area contributed by atoms with Gasteiger partial charge in [-0.05, 0) is 60.2 Å². The quantitative estimate of drug-likeness (QED) is 0.897. The van der Waals surface area contributed by atoms with Gasteiger partial charge in [-0.15, -0.1) is 11.3 Å². The molecule has 1 aromatic heterocycles. The van der Waals surface area contributed by atoms with Crippen molar-refractivity contribution in [1.82, 2.24) is 5.32 Å². The van der Waals surface area contributed by atoms with Gasteiger partial charge in [0.05, 0.1) is 14.2 Å². The number of nitrogens with two attached hydrogens (primary N) is 1. The number of hydrogen-bond donors (Lipinski definition) is 2. The predicted octanol–water partition coefficient (Wildman–Crippen LogP) is 2.68. The van der Waals surface area contributed by atoms with Crippen LogP contribution in [0.15, 0.2) is 9.85 Å². The Labute approximate surface area is 114 Å². The summed E-state index contributed by atoms with van der Waals surface area (Å²) in [6.07, 6.45) is 2.34. The first-order valence-corrected chi connectivity index (χ1v) is 7.36. The molecule has 0 saturated heterocycles. The summed E-state index contributed by atoms with van der Waals surface area (Å²) >= 11 is 4.91. The lowest BCUT2D eigenvalue weighted by Crippen LogP contribution is -2.53. The molecule has 94 valence electrons. The summed E-state index contributed by atoms with van der Waals surface area (Å²) in [6, 6.07) is 1.91. The topological polar surface area (TPSA) is 55.1 Å². The molecule has 0 bridgehead atoms. The normalized spacial score (nSPS) is 18.8. The molecule has 0 aliphatic heterocycles. The van der Waals surface area contributed by atoms with Gasteiger partial charge in [0, 0.05) is 6.54 Å². The molecule has 0 spiro atoms. The summed E-state index contributed by atoms with van der Waals surface area (Å²) in [5, 5.41) is 3.09. The second kappa shape index (κ2) is 4.71. The summed E-state index contributed by atoms with van der Waals surface area (Å²) in [5.74, 6) is 0.532. The highest BCUT2D eigenvalue weighted by Crippen LogP contribution is 2.39. The predicted molar refractivity (Wildman–Crippen MR) is 74.4 cm³/mol. The maximum Gasteiger partial charge on any atom is 0.261 e. The Kier molecular flexibility index (Phi) is 3.61. The molecule has 1 amide bonds. The van der Waals surface area contributed by atoms with Crippen molar-refractivity contribution in [3.05, 3.63) is 20.3 Å². The lowest BCUT2D eigenvalue weighted by molar-refractivity contribution is 0.0902. The van der Waals surface area contributed by atoms with Crippen LogP contribution in [0.3, 0.4) is 0 Å². The number of rotatable bonds is 4. The van der Waals surface area contributed by atoms with Gasteiger partial charge in [-0.3, -0.25) is 4.79 Å². The minimum atomic E-state index is -0.249. The fourth-order valence-electron chi connectivity index (χ4n) is 1.93. The molecule has 0 radical (unpaired) electrons. The van der Waals surface area contributed by atoms with Gasteiger partial charge in [-0.25, -0.2) is 0 Å². The first-order chi connectivity index (χ1) is 7.96. The first kappa shape index (κ1) is 13.1. The standard InChI is InChI=1S/C12H17BrN2OS/c1-7-5-9(17-10(7)13)11(16)15-12(2,6-14)8-3-4-8/h5,8H,3-4,6,14H2,1-2H3,(H,15,16). The number of hydrogen-bond acceptors (Lipinski definition) is 3. The minimum Gasteiger partial charge on any atom is -0.345 e. The number of nitrogens with one attached hydrogen (secondary N) is 1. The summed E-state index contributed by atoms with van der Waals surface area (Å²) in [5.41, 5.74) is 6.64. The Morgan fingerprint density at radius 1 is 1.71 bits per heavy atom. The molecular weight excluding hydrogens is 300 g/mol. The molecule has 1 fully saturated rings. The van der Waals surface area contributed by atoms with Crippen molar-refractivity contribution in [1.29, 1.82) is 0 Å². The van der Waals surface area contributed by atoms with E-state index in [2.05, 4.69) is 21.2 Å². The molecule has 1 saturated carbocycles. The molecule has 2 rings (SSSR count). The highest BCUT2D eigenvalue weighted by atomic mass is 79.9. The zero-order valence-corrected chi connectivity index (χ0v) is 12.5. The second-order valence-electron chi connectivity index (χ2n) is 4.92. The number of thiophene rings is 1. The van der Waals surface area contributed by atoms with Crippen LogP contribution in [-0.2, 0) is 0 Å². The van der Waals surface area contributed by atoms with Crippen LogP contribution in [0.1, 0.15) is 35.0 Å². The second-order valence-corrected chi connectivity index (χ2v) is 7.29. The number of amides is 1. The Balaban J connectivity index is 2.10. The molecule has 1 atom stereocenters. The summed E-state index contributed by atoms with van der Waals surface area (Å²) in [6.45, 7) is 4.52. The van der Waals surface area contributed by atoms with Gasteiger partial charge in [0.15, 0.2) is 0 Å². The Hall–Kier alpha value is -0.390. The largest absolute Gasteiger partial charge is 0.345 e. The van der Waals surface area contributed by atoms with E-state index in [0.717, 1.165) is 14.2 Å². The molecule has 1 heterocycles. The number of aryl methyl sites for hydroxylation is 1. The molecule has 3 nitrogen and oxygen atoms in total. The fraction of sp³-hybridized carbons (Fsp3) is 0.583. The van der Waals surface area contributed by atoms with E-state index in [1.165, 1.54) is 24.2 Å². The van der Waals surface area contributed by atoms with Gasteiger partial charge in [-0.1, -0.05) is 0 Å². The Morgan fingerprint density at radius 2 is 2.35 bits per heavy atom. The summed E-state index contributed by atoms with van der Waals surface area (Å²) in [7, 11) is 0. The highest BCUT2D eigenvalue weighted by Gasteiger charge is 2.41. The molecule has 17 heavy (non-hydrogen) atoms. The van der Waals surface area contributed by atoms with Crippen LogP contribution in [-0.4, -0.2) is 18.0 Å². The lowest BCUT2D eigenvalue weighted by atomic mass is 9.96. The van der Waals surface area contributed by atoms with Gasteiger partial charge in [0.1, 0.15) is 0 Å². The van der Waals surface area contributed by atoms with Crippen LogP contribution in [0.5, 0.6) is 0 Å². The zero-order valence-electron chi connectivity index (χ0n) is 10.0. The fourth-order valence-corrected chi connectivity index (χ4v) is 3.36. The average Bonchev–Trinajstić information content (AvgIpc) is 3.07. The molecule has 1 aromatic rings. The summed E-state index contributed by atoms with van der Waals surface area (Å²) < 4.78 is 1.02. The lowest BCUT2D eigenvalue weighted by Gasteiger charge is -2.29. The van der Waals surface area contributed by atoms with Crippen LogP contribution < -0.4 is 11.1 Å². The maximum atomic E-state index is 12.1. The van der Waals surface area contributed by atoms with Gasteiger partial charge in [-0.2, -0.15) is 0 Å². The molecule has 1 aliphatic carbocycles. The van der Waals surface area contributed by atoms with Crippen molar-refractivity contribution < 1.29 is 4.79 Å². The monoisotopic (exact) mass is 316 g/mol. The molecule has 3 N–H and O–H groups in total. The minimum absolute atomic E-state index is 0.0105. The third-order valence-corrected chi connectivity index (χ3v) is 5.52. The smallest absolute Gasteiger partial charge is 0.261 e. The molecule has 1 unspecified atom stereocenters. The maximum absolute atomic E-state index is 12.1. The molecule has 1 aliphatic rings. The Bertz CT molecular complexity index is 422. The van der Waals surface area contributed by atoms with Crippen molar-refractivity contribution in [3.63, 3.8) is 0 Å². The van der Waals surface area contributed by atoms with E-state index in [1.807, 2.05) is 19.9 Å². The number of halogens is 1. The highest BCUT2D eigenvalue weighted by molar-refractivity contribution is 9.11. The van der Waals surface area contributed by atoms with E-state index in [-0.39, 0.29) is 11.4 Å². The van der Waals surface area contributed by atoms with Crippen molar-refractivity contribution in [2.75, 3.05) is 6.54 Å². The van der Waals surface area contributed by atoms with Crippen LogP contribution in [0.25, 0.3) is 0 Å². The number of carbonyl (C=O) groups is 1. The number of carbonyl (C=O) groups excluding carboxylic acids is 1. The van der Waals surface area contributed by atoms with Gasteiger partial charge < -0.3 is 11.1 Å². The first-order valence-electron chi connectivity index (χ1n) is 5.75. The van der Waals surface area contributed by atoms with Crippen LogP contribution in [0, 0.1) is 12.8 Å². The third kappa shape index (κ3) is 2.72. The van der Waals surface area contributed by atoms with Crippen molar-refractivity contribution >= 4 is 33.2 Å². The van der Waals surface area contributed by atoms with E-state index >= 15 is 0 Å². The van der Waals surface area contributed by atoms with Gasteiger partial charge in [0.2, 0.25) is 0 Å². The summed E-state index contributed by atoms with van der Waals surface area (Å²) in [4.78, 5) is 12.9. The Morgan fingerprint density at radius 3 is 2.76 bits per heavy atom. The van der Waals surface area contributed by atoms with Crippen LogP contribution in [0.2, 0.25) is 0 Å². The third-order valence-electron chi connectivity index (χ3n) is 3.38. The van der Waals surface area contributed by atoms with Gasteiger partial charge in [0.25, 0.3) is 5.91 Å². The SMILES string of the molecule is Cc1cc(C(=O)NC(C)(CN)C2CC2)sc1Br. The van der Waals surface area contributed by atoms with Crippen LogP contribution in [0.4, 0.5) is 0 Å². The van der Waals surface area contributed by atoms with Crippen LogP contribution >= 0.6 is 27.3 Å². The zero-order chi connectivity index (χ0) is 12.6. The van der Waals surface area contributed by atoms with Crippen molar-refractivity contribution in [2.45, 2.75) is 32.2 Å². The van der Waals surface area contributed by atoms with E-state index in [1.54, 1.807) is 0 Å². The molecule has 0 aromatic carbocycles. The van der Waals surface area contributed by atoms with Crippen molar-refractivity contribution in [3.8, 4) is 0 Å².